The maximum absolute atomic E-state index is 11.7. The van der Waals surface area contributed by atoms with Crippen LogP contribution in [0.2, 0.25) is 0 Å². The number of aromatic nitrogens is 2. The van der Waals surface area contributed by atoms with E-state index < -0.39 is 10.0 Å². The molecule has 0 aliphatic carbocycles. The molecule has 0 unspecified atom stereocenters. The van der Waals surface area contributed by atoms with E-state index >= 15 is 0 Å². The van der Waals surface area contributed by atoms with Gasteiger partial charge in [-0.15, -0.1) is 24.0 Å². The Morgan fingerprint density at radius 1 is 1.27 bits per heavy atom. The molecule has 0 fully saturated rings. The number of guanidine groups is 1. The fourth-order valence-corrected chi connectivity index (χ4v) is 3.26. The number of hydrogen-bond acceptors (Lipinski definition) is 4. The van der Waals surface area contributed by atoms with Crippen molar-refractivity contribution in [3.05, 3.63) is 17.0 Å². The van der Waals surface area contributed by atoms with Gasteiger partial charge in [-0.05, 0) is 34.1 Å². The number of rotatable bonds is 9. The molecule has 0 radical (unpaired) electrons. The summed E-state index contributed by atoms with van der Waals surface area (Å²) in [4.78, 5) is 4.61. The van der Waals surface area contributed by atoms with Crippen LogP contribution in [-0.4, -0.2) is 60.9 Å². The number of aryl methyl sites for hydroxylation is 2. The summed E-state index contributed by atoms with van der Waals surface area (Å²) in [6.45, 7) is 10.2. The lowest BCUT2D eigenvalue weighted by atomic mass is 10.2. The Labute approximate surface area is 174 Å². The summed E-state index contributed by atoms with van der Waals surface area (Å²) in [5.74, 6) is 0.858. The van der Waals surface area contributed by atoms with Gasteiger partial charge in [0.25, 0.3) is 0 Å². The molecule has 0 aromatic carbocycles. The lowest BCUT2D eigenvalue weighted by molar-refractivity contribution is 0.461. The van der Waals surface area contributed by atoms with Gasteiger partial charge in [-0.2, -0.15) is 5.10 Å². The highest BCUT2D eigenvalue weighted by Crippen LogP contribution is 2.12. The number of nitrogens with zero attached hydrogens (tertiary/aromatic N) is 4. The summed E-state index contributed by atoms with van der Waals surface area (Å²) >= 11 is 0. The van der Waals surface area contributed by atoms with E-state index in [0.29, 0.717) is 26.1 Å². The number of nitrogens with one attached hydrogen (secondary N) is 2. The lowest BCUT2D eigenvalue weighted by Gasteiger charge is -2.16. The van der Waals surface area contributed by atoms with Crippen LogP contribution in [0.3, 0.4) is 0 Å². The van der Waals surface area contributed by atoms with Gasteiger partial charge >= 0.3 is 0 Å². The molecule has 0 aliphatic rings. The van der Waals surface area contributed by atoms with Gasteiger partial charge in [0.05, 0.1) is 18.0 Å². The molecule has 0 aliphatic heterocycles. The van der Waals surface area contributed by atoms with Crippen molar-refractivity contribution in [1.82, 2.24) is 24.7 Å². The van der Waals surface area contributed by atoms with Gasteiger partial charge < -0.3 is 10.6 Å². The molecule has 0 saturated heterocycles. The van der Waals surface area contributed by atoms with Crippen molar-refractivity contribution >= 4 is 40.0 Å². The maximum Gasteiger partial charge on any atom is 0.213 e. The van der Waals surface area contributed by atoms with Crippen molar-refractivity contribution in [1.29, 1.82) is 0 Å². The van der Waals surface area contributed by atoms with Crippen molar-refractivity contribution in [2.24, 2.45) is 12.0 Å². The van der Waals surface area contributed by atoms with Gasteiger partial charge in [-0.25, -0.2) is 17.7 Å². The first-order chi connectivity index (χ1) is 11.7. The van der Waals surface area contributed by atoms with Gasteiger partial charge in [-0.1, -0.05) is 0 Å². The van der Waals surface area contributed by atoms with Crippen molar-refractivity contribution in [2.75, 3.05) is 32.4 Å². The van der Waals surface area contributed by atoms with Crippen molar-refractivity contribution in [3.8, 4) is 0 Å². The number of sulfonamides is 1. The van der Waals surface area contributed by atoms with Gasteiger partial charge in [0.1, 0.15) is 0 Å². The quantitative estimate of drug-likeness (QED) is 0.232. The fourth-order valence-electron chi connectivity index (χ4n) is 2.41. The molecule has 1 rings (SSSR count). The maximum atomic E-state index is 11.7. The second-order valence-electron chi connectivity index (χ2n) is 5.97. The van der Waals surface area contributed by atoms with Gasteiger partial charge in [-0.3, -0.25) is 4.68 Å². The van der Waals surface area contributed by atoms with Crippen molar-refractivity contribution in [3.63, 3.8) is 0 Å². The second-order valence-corrected chi connectivity index (χ2v) is 8.34. The minimum atomic E-state index is -3.11. The average molecular weight is 500 g/mol. The molecule has 0 amide bonds. The molecule has 0 bridgehead atoms. The monoisotopic (exact) mass is 500 g/mol. The Morgan fingerprint density at radius 3 is 2.42 bits per heavy atom. The molecule has 0 spiro atoms. The minimum absolute atomic E-state index is 0. The molecule has 0 saturated carbocycles. The largest absolute Gasteiger partial charge is 0.357 e. The fraction of sp³-hybridized carbons (Fsp3) is 0.750. The second kappa shape index (κ2) is 11.8. The van der Waals surface area contributed by atoms with Crippen LogP contribution in [0.4, 0.5) is 0 Å². The van der Waals surface area contributed by atoms with Crippen LogP contribution in [0.5, 0.6) is 0 Å². The predicted octanol–water partition coefficient (Wildman–Crippen LogP) is 1.38. The van der Waals surface area contributed by atoms with E-state index in [2.05, 4.69) is 20.7 Å². The first kappa shape index (κ1) is 25.1. The summed E-state index contributed by atoms with van der Waals surface area (Å²) in [6.07, 6.45) is 0.713. The lowest BCUT2D eigenvalue weighted by Crippen LogP contribution is -2.39. The van der Waals surface area contributed by atoms with Crippen LogP contribution in [-0.2, 0) is 23.6 Å². The smallest absolute Gasteiger partial charge is 0.213 e. The Balaban J connectivity index is 0.00000625. The number of aliphatic imine (C=N–C) groups is 1. The molecule has 0 atom stereocenters. The Hall–Kier alpha value is -0.880. The topological polar surface area (TPSA) is 91.6 Å². The van der Waals surface area contributed by atoms with E-state index in [4.69, 9.17) is 0 Å². The van der Waals surface area contributed by atoms with Crippen molar-refractivity contribution in [2.45, 2.75) is 40.7 Å². The molecule has 1 heterocycles. The van der Waals surface area contributed by atoms with E-state index in [1.807, 2.05) is 32.5 Å². The Bertz CT molecular complexity index is 687. The van der Waals surface area contributed by atoms with E-state index in [1.54, 1.807) is 14.0 Å². The first-order valence-corrected chi connectivity index (χ1v) is 10.3. The summed E-state index contributed by atoms with van der Waals surface area (Å²) in [7, 11) is 0.435. The Morgan fingerprint density at radius 2 is 1.92 bits per heavy atom. The minimum Gasteiger partial charge on any atom is -0.357 e. The summed E-state index contributed by atoms with van der Waals surface area (Å²) in [5, 5.41) is 10.9. The highest BCUT2D eigenvalue weighted by atomic mass is 127. The molecule has 10 heteroatoms. The van der Waals surface area contributed by atoms with E-state index in [1.165, 1.54) is 4.31 Å². The zero-order valence-corrected chi connectivity index (χ0v) is 19.8. The van der Waals surface area contributed by atoms with E-state index in [9.17, 15) is 8.42 Å². The predicted molar refractivity (Wildman–Crippen MR) is 118 cm³/mol. The van der Waals surface area contributed by atoms with Crippen LogP contribution in [0.1, 0.15) is 37.2 Å². The highest BCUT2D eigenvalue weighted by molar-refractivity contribution is 14.0. The standard InChI is InChI=1S/C16H32N6O2S.HI/c1-7-17-16(18-10-9-11-21(5)25(23,24)8-2)19-12-15-13(3)20-22(6)14(15)4;/h7-12H2,1-6H3,(H2,17,18,19);1H. The zero-order chi connectivity index (χ0) is 19.0. The molecular formula is C16H33IN6O2S. The summed E-state index contributed by atoms with van der Waals surface area (Å²) < 4.78 is 26.7. The Kier molecular flexibility index (Phi) is 11.4. The third kappa shape index (κ3) is 7.39. The van der Waals surface area contributed by atoms with Gasteiger partial charge in [0.2, 0.25) is 10.0 Å². The van der Waals surface area contributed by atoms with E-state index in [0.717, 1.165) is 29.5 Å². The molecule has 1 aromatic heterocycles. The van der Waals surface area contributed by atoms with Crippen molar-refractivity contribution < 1.29 is 8.42 Å². The van der Waals surface area contributed by atoms with Crippen LogP contribution < -0.4 is 10.6 Å². The average Bonchev–Trinajstić information content (AvgIpc) is 2.81. The highest BCUT2D eigenvalue weighted by Gasteiger charge is 2.14. The molecule has 26 heavy (non-hydrogen) atoms. The number of halogens is 1. The molecule has 152 valence electrons. The van der Waals surface area contributed by atoms with Crippen LogP contribution in [0.25, 0.3) is 0 Å². The summed E-state index contributed by atoms with van der Waals surface area (Å²) in [6, 6.07) is 0. The molecular weight excluding hydrogens is 467 g/mol. The van der Waals surface area contributed by atoms with Crippen LogP contribution in [0, 0.1) is 13.8 Å². The first-order valence-electron chi connectivity index (χ1n) is 8.68. The summed E-state index contributed by atoms with van der Waals surface area (Å²) in [5.41, 5.74) is 3.24. The SMILES string of the molecule is CCNC(=NCc1c(C)nn(C)c1C)NCCCN(C)S(=O)(=O)CC.I. The van der Waals surface area contributed by atoms with Crippen LogP contribution in [0.15, 0.2) is 4.99 Å². The normalized spacial score (nSPS) is 12.2. The zero-order valence-electron chi connectivity index (χ0n) is 16.7. The third-order valence-electron chi connectivity index (χ3n) is 4.18. The molecule has 1 aromatic rings. The third-order valence-corrected chi connectivity index (χ3v) is 6.04. The van der Waals surface area contributed by atoms with Gasteiger partial charge in [0.15, 0.2) is 5.96 Å². The van der Waals surface area contributed by atoms with Gasteiger partial charge in [0, 0.05) is 45.0 Å². The van der Waals surface area contributed by atoms with Crippen LogP contribution >= 0.6 is 24.0 Å². The van der Waals surface area contributed by atoms with E-state index in [-0.39, 0.29) is 29.7 Å². The number of hydrogen-bond donors (Lipinski definition) is 2. The molecule has 2 N–H and O–H groups in total. The molecule has 8 nitrogen and oxygen atoms in total.